The van der Waals surface area contributed by atoms with E-state index < -0.39 is 0 Å². The van der Waals surface area contributed by atoms with Gasteiger partial charge in [0.1, 0.15) is 5.82 Å². The van der Waals surface area contributed by atoms with Gasteiger partial charge in [0.2, 0.25) is 0 Å². The van der Waals surface area contributed by atoms with Crippen LogP contribution in [0.2, 0.25) is 0 Å². The van der Waals surface area contributed by atoms with Crippen molar-refractivity contribution in [2.45, 2.75) is 38.0 Å². The average molecular weight is 266 g/mol. The van der Waals surface area contributed by atoms with Crippen molar-refractivity contribution in [3.8, 4) is 0 Å². The smallest absolute Gasteiger partial charge is 0.123 e. The maximum atomic E-state index is 13.1. The van der Waals surface area contributed by atoms with Crippen molar-refractivity contribution < 1.29 is 9.13 Å². The number of hydrogen-bond donors (Lipinski definition) is 1. The summed E-state index contributed by atoms with van der Waals surface area (Å²) < 4.78 is 18.7. The van der Waals surface area contributed by atoms with Crippen molar-refractivity contribution in [1.82, 2.24) is 4.90 Å². The minimum Gasteiger partial charge on any atom is -0.377 e. The van der Waals surface area contributed by atoms with Gasteiger partial charge in [-0.25, -0.2) is 4.39 Å². The molecule has 1 aliphatic heterocycles. The molecule has 1 aromatic carbocycles. The molecule has 106 valence electrons. The monoisotopic (exact) mass is 266 g/mol. The Hall–Kier alpha value is -0.970. The van der Waals surface area contributed by atoms with Gasteiger partial charge in [0.05, 0.1) is 6.10 Å². The Kier molecular flexibility index (Phi) is 4.91. The molecule has 1 aliphatic rings. The number of benzene rings is 1. The summed E-state index contributed by atoms with van der Waals surface area (Å²) in [6, 6.07) is 6.91. The van der Waals surface area contributed by atoms with E-state index in [2.05, 4.69) is 18.9 Å². The number of halogens is 1. The fourth-order valence-electron chi connectivity index (χ4n) is 2.71. The first kappa shape index (κ1) is 14.4. The third-order valence-electron chi connectivity index (χ3n) is 3.97. The highest BCUT2D eigenvalue weighted by molar-refractivity contribution is 5.19. The van der Waals surface area contributed by atoms with Gasteiger partial charge in [0.15, 0.2) is 0 Å². The zero-order chi connectivity index (χ0) is 13.8. The van der Waals surface area contributed by atoms with Gasteiger partial charge >= 0.3 is 0 Å². The third kappa shape index (κ3) is 3.75. The highest BCUT2D eigenvalue weighted by atomic mass is 19.1. The van der Waals surface area contributed by atoms with E-state index in [9.17, 15) is 4.39 Å². The number of rotatable bonds is 5. The van der Waals surface area contributed by atoms with E-state index in [4.69, 9.17) is 10.5 Å². The Labute approximate surface area is 114 Å². The molecule has 0 aromatic heterocycles. The number of likely N-dealkylation sites (N-methyl/N-ethyl adjacent to an activating group) is 1. The number of ether oxygens (including phenoxy) is 1. The Morgan fingerprint density at radius 2 is 2.32 bits per heavy atom. The molecule has 0 saturated carbocycles. The van der Waals surface area contributed by atoms with Gasteiger partial charge in [0.25, 0.3) is 0 Å². The topological polar surface area (TPSA) is 38.5 Å². The summed E-state index contributed by atoms with van der Waals surface area (Å²) in [5.74, 6) is -0.223. The van der Waals surface area contributed by atoms with Gasteiger partial charge < -0.3 is 15.4 Å². The van der Waals surface area contributed by atoms with E-state index in [-0.39, 0.29) is 18.0 Å². The van der Waals surface area contributed by atoms with Gasteiger partial charge in [-0.15, -0.1) is 0 Å². The van der Waals surface area contributed by atoms with Crippen molar-refractivity contribution >= 4 is 0 Å². The lowest BCUT2D eigenvalue weighted by Gasteiger charge is -2.27. The van der Waals surface area contributed by atoms with Crippen molar-refractivity contribution in [2.75, 3.05) is 20.2 Å². The summed E-state index contributed by atoms with van der Waals surface area (Å²) in [5.41, 5.74) is 6.99. The molecule has 0 spiro atoms. The SMILES string of the molecule is CC1OCCC1N(C)CCC(N)c1cccc(F)c1. The third-order valence-corrected chi connectivity index (χ3v) is 3.97. The van der Waals surface area contributed by atoms with Crippen LogP contribution in [0.1, 0.15) is 31.4 Å². The Bertz CT molecular complexity index is 413. The van der Waals surface area contributed by atoms with Crippen LogP contribution in [0.5, 0.6) is 0 Å². The molecule has 1 heterocycles. The first-order valence-electron chi connectivity index (χ1n) is 6.91. The lowest BCUT2D eigenvalue weighted by atomic mass is 10.0. The maximum absolute atomic E-state index is 13.1. The Morgan fingerprint density at radius 3 is 2.95 bits per heavy atom. The first-order chi connectivity index (χ1) is 9.08. The summed E-state index contributed by atoms with van der Waals surface area (Å²) >= 11 is 0. The lowest BCUT2D eigenvalue weighted by Crippen LogP contribution is -2.38. The molecular weight excluding hydrogens is 243 g/mol. The normalized spacial score (nSPS) is 24.9. The van der Waals surface area contributed by atoms with Crippen LogP contribution < -0.4 is 5.73 Å². The van der Waals surface area contributed by atoms with Crippen LogP contribution in [0.3, 0.4) is 0 Å². The molecule has 3 nitrogen and oxygen atoms in total. The van der Waals surface area contributed by atoms with Crippen molar-refractivity contribution in [2.24, 2.45) is 5.73 Å². The second-order valence-corrected chi connectivity index (χ2v) is 5.36. The zero-order valence-corrected chi connectivity index (χ0v) is 11.7. The maximum Gasteiger partial charge on any atom is 0.123 e. The molecular formula is C15H23FN2O. The number of hydrogen-bond acceptors (Lipinski definition) is 3. The second-order valence-electron chi connectivity index (χ2n) is 5.36. The molecule has 0 aliphatic carbocycles. The zero-order valence-electron chi connectivity index (χ0n) is 11.7. The summed E-state index contributed by atoms with van der Waals surface area (Å²) in [4.78, 5) is 2.30. The molecule has 3 unspecified atom stereocenters. The molecule has 4 heteroatoms. The van der Waals surface area contributed by atoms with E-state index in [1.54, 1.807) is 6.07 Å². The van der Waals surface area contributed by atoms with Crippen LogP contribution in [-0.4, -0.2) is 37.2 Å². The molecule has 1 fully saturated rings. The standard InChI is InChI=1S/C15H23FN2O/c1-11-15(7-9-19-11)18(2)8-6-14(17)12-4-3-5-13(16)10-12/h3-5,10-11,14-15H,6-9,17H2,1-2H3. The molecule has 0 radical (unpaired) electrons. The van der Waals surface area contributed by atoms with E-state index >= 15 is 0 Å². The summed E-state index contributed by atoms with van der Waals surface area (Å²) in [6.45, 7) is 3.85. The Balaban J connectivity index is 1.84. The summed E-state index contributed by atoms with van der Waals surface area (Å²) in [6.07, 6.45) is 2.19. The van der Waals surface area contributed by atoms with Crippen molar-refractivity contribution in [1.29, 1.82) is 0 Å². The highest BCUT2D eigenvalue weighted by Crippen LogP contribution is 2.20. The predicted molar refractivity (Wildman–Crippen MR) is 74.4 cm³/mol. The minimum absolute atomic E-state index is 0.115. The van der Waals surface area contributed by atoms with Crippen molar-refractivity contribution in [3.63, 3.8) is 0 Å². The van der Waals surface area contributed by atoms with Crippen LogP contribution in [0.25, 0.3) is 0 Å². The molecule has 0 amide bonds. The van der Waals surface area contributed by atoms with Crippen LogP contribution in [0.15, 0.2) is 24.3 Å². The molecule has 3 atom stereocenters. The van der Waals surface area contributed by atoms with Gasteiger partial charge in [-0.1, -0.05) is 12.1 Å². The minimum atomic E-state index is -0.223. The first-order valence-corrected chi connectivity index (χ1v) is 6.91. The second kappa shape index (κ2) is 6.46. The van der Waals surface area contributed by atoms with Crippen molar-refractivity contribution in [3.05, 3.63) is 35.6 Å². The summed E-state index contributed by atoms with van der Waals surface area (Å²) in [5, 5.41) is 0. The predicted octanol–water partition coefficient (Wildman–Crippen LogP) is 2.32. The number of nitrogens with zero attached hydrogens (tertiary/aromatic N) is 1. The number of nitrogens with two attached hydrogens (primary N) is 1. The average Bonchev–Trinajstić information content (AvgIpc) is 2.82. The van der Waals surface area contributed by atoms with Gasteiger partial charge in [0, 0.05) is 25.2 Å². The van der Waals surface area contributed by atoms with Crippen LogP contribution >= 0.6 is 0 Å². The highest BCUT2D eigenvalue weighted by Gasteiger charge is 2.27. The van der Waals surface area contributed by atoms with E-state index in [1.165, 1.54) is 12.1 Å². The summed E-state index contributed by atoms with van der Waals surface area (Å²) in [7, 11) is 2.11. The van der Waals surface area contributed by atoms with Gasteiger partial charge in [-0.05, 0) is 44.5 Å². The van der Waals surface area contributed by atoms with E-state index in [0.29, 0.717) is 6.04 Å². The van der Waals surface area contributed by atoms with Crippen LogP contribution in [0.4, 0.5) is 4.39 Å². The molecule has 19 heavy (non-hydrogen) atoms. The molecule has 2 N–H and O–H groups in total. The van der Waals surface area contributed by atoms with E-state index in [0.717, 1.165) is 31.6 Å². The van der Waals surface area contributed by atoms with Crippen LogP contribution in [0, 0.1) is 5.82 Å². The Morgan fingerprint density at radius 1 is 1.53 bits per heavy atom. The molecule has 1 aromatic rings. The quantitative estimate of drug-likeness (QED) is 0.889. The lowest BCUT2D eigenvalue weighted by molar-refractivity contribution is 0.0827. The van der Waals surface area contributed by atoms with Gasteiger partial charge in [-0.2, -0.15) is 0 Å². The molecule has 0 bridgehead atoms. The molecule has 1 saturated heterocycles. The van der Waals surface area contributed by atoms with Crippen LogP contribution in [-0.2, 0) is 4.74 Å². The fraction of sp³-hybridized carbons (Fsp3) is 0.600. The molecule has 2 rings (SSSR count). The largest absolute Gasteiger partial charge is 0.377 e. The fourth-order valence-corrected chi connectivity index (χ4v) is 2.71. The van der Waals surface area contributed by atoms with E-state index in [1.807, 2.05) is 6.07 Å². The van der Waals surface area contributed by atoms with Gasteiger partial charge in [-0.3, -0.25) is 0 Å².